The van der Waals surface area contributed by atoms with Gasteiger partial charge in [0.1, 0.15) is 17.3 Å². The minimum Gasteiger partial charge on any atom is -0.506 e. The zero-order chi connectivity index (χ0) is 15.6. The van der Waals surface area contributed by atoms with E-state index in [9.17, 15) is 9.90 Å². The molecule has 0 saturated heterocycles. The highest BCUT2D eigenvalue weighted by molar-refractivity contribution is 6.06. The molecule has 0 fully saturated rings. The molecule has 0 aliphatic rings. The van der Waals surface area contributed by atoms with E-state index < -0.39 is 0 Å². The molecule has 1 heterocycles. The van der Waals surface area contributed by atoms with Gasteiger partial charge < -0.3 is 15.2 Å². The Balaban J connectivity index is 2.37. The first-order chi connectivity index (χ1) is 9.95. The molecular formula is C16H18N2O3. The molecule has 0 aliphatic carbocycles. The molecule has 1 amide bonds. The number of carbonyl (C=O) groups excluding carboxylic acids is 1. The number of anilines is 1. The van der Waals surface area contributed by atoms with Crippen LogP contribution in [-0.4, -0.2) is 23.1 Å². The second-order valence-corrected chi connectivity index (χ2v) is 4.80. The Hall–Kier alpha value is -2.56. The topological polar surface area (TPSA) is 71.5 Å². The SMILES string of the molecule is COc1ccccc1C(=O)Nc1nc(C)c(O)c(C)c1C. The summed E-state index contributed by atoms with van der Waals surface area (Å²) in [6.45, 7) is 5.29. The van der Waals surface area contributed by atoms with Crippen molar-refractivity contribution in [3.05, 3.63) is 46.6 Å². The van der Waals surface area contributed by atoms with Crippen LogP contribution >= 0.6 is 0 Å². The number of hydrogen-bond donors (Lipinski definition) is 2. The molecule has 1 aromatic carbocycles. The molecule has 0 aliphatic heterocycles. The Morgan fingerprint density at radius 2 is 1.86 bits per heavy atom. The molecule has 5 nitrogen and oxygen atoms in total. The summed E-state index contributed by atoms with van der Waals surface area (Å²) in [6.07, 6.45) is 0. The van der Waals surface area contributed by atoms with Crippen LogP contribution in [0.25, 0.3) is 0 Å². The fraction of sp³-hybridized carbons (Fsp3) is 0.250. The predicted molar refractivity (Wildman–Crippen MR) is 81.1 cm³/mol. The number of pyridine rings is 1. The van der Waals surface area contributed by atoms with Gasteiger partial charge in [0.15, 0.2) is 0 Å². The van der Waals surface area contributed by atoms with Crippen molar-refractivity contribution in [1.29, 1.82) is 0 Å². The smallest absolute Gasteiger partial charge is 0.260 e. The Labute approximate surface area is 123 Å². The number of rotatable bonds is 3. The van der Waals surface area contributed by atoms with Crippen molar-refractivity contribution in [1.82, 2.24) is 4.98 Å². The third-order valence-corrected chi connectivity index (χ3v) is 3.48. The summed E-state index contributed by atoms with van der Waals surface area (Å²) in [4.78, 5) is 16.6. The van der Waals surface area contributed by atoms with Gasteiger partial charge in [0.05, 0.1) is 18.4 Å². The second-order valence-electron chi connectivity index (χ2n) is 4.80. The summed E-state index contributed by atoms with van der Waals surface area (Å²) in [7, 11) is 1.52. The molecule has 2 aromatic rings. The number of nitrogens with zero attached hydrogens (tertiary/aromatic N) is 1. The summed E-state index contributed by atoms with van der Waals surface area (Å²) in [5, 5.41) is 12.6. The number of nitrogens with one attached hydrogen (secondary N) is 1. The molecular weight excluding hydrogens is 268 g/mol. The van der Waals surface area contributed by atoms with Crippen LogP contribution in [-0.2, 0) is 0 Å². The Morgan fingerprint density at radius 1 is 1.19 bits per heavy atom. The van der Waals surface area contributed by atoms with Gasteiger partial charge in [0, 0.05) is 0 Å². The lowest BCUT2D eigenvalue weighted by Gasteiger charge is -2.14. The van der Waals surface area contributed by atoms with Gasteiger partial charge >= 0.3 is 0 Å². The molecule has 0 unspecified atom stereocenters. The number of methoxy groups -OCH3 is 1. The summed E-state index contributed by atoms with van der Waals surface area (Å²) < 4.78 is 5.18. The molecule has 110 valence electrons. The molecule has 0 spiro atoms. The highest BCUT2D eigenvalue weighted by Gasteiger charge is 2.16. The van der Waals surface area contributed by atoms with E-state index >= 15 is 0 Å². The van der Waals surface area contributed by atoms with Crippen LogP contribution in [0.5, 0.6) is 11.5 Å². The summed E-state index contributed by atoms with van der Waals surface area (Å²) in [5.74, 6) is 0.800. The fourth-order valence-corrected chi connectivity index (χ4v) is 2.06. The van der Waals surface area contributed by atoms with Crippen LogP contribution in [0.3, 0.4) is 0 Å². The van der Waals surface area contributed by atoms with Crippen LogP contribution in [0, 0.1) is 20.8 Å². The van der Waals surface area contributed by atoms with Gasteiger partial charge in [-0.15, -0.1) is 0 Å². The van der Waals surface area contributed by atoms with Crippen molar-refractivity contribution in [2.45, 2.75) is 20.8 Å². The number of aromatic hydroxyl groups is 1. The van der Waals surface area contributed by atoms with Gasteiger partial charge in [-0.25, -0.2) is 4.98 Å². The normalized spacial score (nSPS) is 10.3. The van der Waals surface area contributed by atoms with E-state index in [0.717, 1.165) is 5.56 Å². The van der Waals surface area contributed by atoms with Crippen molar-refractivity contribution in [3.63, 3.8) is 0 Å². The van der Waals surface area contributed by atoms with Crippen molar-refractivity contribution in [2.75, 3.05) is 12.4 Å². The van der Waals surface area contributed by atoms with E-state index in [0.29, 0.717) is 28.4 Å². The standard InChI is InChI=1S/C16H18N2O3/c1-9-10(2)15(17-11(3)14(9)19)18-16(20)12-7-5-6-8-13(12)21-4/h5-8,19H,1-4H3,(H,17,18,20). The van der Waals surface area contributed by atoms with Crippen LogP contribution in [0.15, 0.2) is 24.3 Å². The van der Waals surface area contributed by atoms with E-state index in [1.807, 2.05) is 0 Å². The highest BCUT2D eigenvalue weighted by Crippen LogP contribution is 2.28. The minimum atomic E-state index is -0.299. The number of para-hydroxylation sites is 1. The average Bonchev–Trinajstić information content (AvgIpc) is 2.50. The maximum absolute atomic E-state index is 12.4. The van der Waals surface area contributed by atoms with Gasteiger partial charge in [-0.3, -0.25) is 4.79 Å². The number of amides is 1. The molecule has 0 bridgehead atoms. The van der Waals surface area contributed by atoms with Crippen LogP contribution in [0.1, 0.15) is 27.2 Å². The number of aryl methyl sites for hydroxylation is 1. The van der Waals surface area contributed by atoms with Gasteiger partial charge in [-0.05, 0) is 44.0 Å². The monoisotopic (exact) mass is 286 g/mol. The van der Waals surface area contributed by atoms with Crippen LogP contribution in [0.4, 0.5) is 5.82 Å². The first-order valence-electron chi connectivity index (χ1n) is 6.56. The largest absolute Gasteiger partial charge is 0.506 e. The Kier molecular flexibility index (Phi) is 4.12. The van der Waals surface area contributed by atoms with Crippen molar-refractivity contribution in [2.24, 2.45) is 0 Å². The summed E-state index contributed by atoms with van der Waals surface area (Å²) in [6, 6.07) is 6.98. The van der Waals surface area contributed by atoms with E-state index in [4.69, 9.17) is 4.74 Å². The summed E-state index contributed by atoms with van der Waals surface area (Å²) in [5.41, 5.74) is 2.36. The van der Waals surface area contributed by atoms with Gasteiger partial charge in [0.2, 0.25) is 0 Å². The summed E-state index contributed by atoms with van der Waals surface area (Å²) >= 11 is 0. The van der Waals surface area contributed by atoms with E-state index in [1.54, 1.807) is 45.0 Å². The second kappa shape index (κ2) is 5.83. The highest BCUT2D eigenvalue weighted by atomic mass is 16.5. The average molecular weight is 286 g/mol. The van der Waals surface area contributed by atoms with Crippen molar-refractivity contribution in [3.8, 4) is 11.5 Å². The predicted octanol–water partition coefficient (Wildman–Crippen LogP) is 2.97. The fourth-order valence-electron chi connectivity index (χ4n) is 2.06. The van der Waals surface area contributed by atoms with Crippen molar-refractivity contribution >= 4 is 11.7 Å². The van der Waals surface area contributed by atoms with Gasteiger partial charge in [-0.2, -0.15) is 0 Å². The quantitative estimate of drug-likeness (QED) is 0.910. The zero-order valence-corrected chi connectivity index (χ0v) is 12.5. The number of aromatic nitrogens is 1. The first kappa shape index (κ1) is 14.8. The van der Waals surface area contributed by atoms with E-state index in [-0.39, 0.29) is 11.7 Å². The lowest BCUT2D eigenvalue weighted by atomic mass is 10.1. The molecule has 2 N–H and O–H groups in total. The first-order valence-corrected chi connectivity index (χ1v) is 6.56. The van der Waals surface area contributed by atoms with Gasteiger partial charge in [0.25, 0.3) is 5.91 Å². The van der Waals surface area contributed by atoms with E-state index in [1.165, 1.54) is 7.11 Å². The third-order valence-electron chi connectivity index (χ3n) is 3.48. The molecule has 0 atom stereocenters. The van der Waals surface area contributed by atoms with E-state index in [2.05, 4.69) is 10.3 Å². The lowest BCUT2D eigenvalue weighted by molar-refractivity contribution is 0.102. The van der Waals surface area contributed by atoms with Crippen LogP contribution < -0.4 is 10.1 Å². The molecule has 0 saturated carbocycles. The molecule has 0 radical (unpaired) electrons. The van der Waals surface area contributed by atoms with Gasteiger partial charge in [-0.1, -0.05) is 12.1 Å². The van der Waals surface area contributed by atoms with Crippen molar-refractivity contribution < 1.29 is 14.6 Å². The third kappa shape index (κ3) is 2.81. The zero-order valence-electron chi connectivity index (χ0n) is 12.5. The minimum absolute atomic E-state index is 0.155. The molecule has 21 heavy (non-hydrogen) atoms. The van der Waals surface area contributed by atoms with Crippen LogP contribution in [0.2, 0.25) is 0 Å². The number of benzene rings is 1. The number of hydrogen-bond acceptors (Lipinski definition) is 4. The Morgan fingerprint density at radius 3 is 2.52 bits per heavy atom. The maximum atomic E-state index is 12.4. The number of carbonyl (C=O) groups is 1. The number of ether oxygens (including phenoxy) is 1. The lowest BCUT2D eigenvalue weighted by Crippen LogP contribution is -2.15. The molecule has 5 heteroatoms. The maximum Gasteiger partial charge on any atom is 0.260 e. The Bertz CT molecular complexity index is 696. The molecule has 1 aromatic heterocycles. The molecule has 2 rings (SSSR count).